The zero-order valence-electron chi connectivity index (χ0n) is 10.8. The fraction of sp³-hybridized carbons (Fsp3) is 0.909. The smallest absolute Gasteiger partial charge is 0.317 e. The molecule has 5 nitrogen and oxygen atoms in total. The van der Waals surface area contributed by atoms with Gasteiger partial charge in [0.15, 0.2) is 0 Å². The minimum absolute atomic E-state index is 0.0841. The van der Waals surface area contributed by atoms with Crippen molar-refractivity contribution in [2.24, 2.45) is 0 Å². The van der Waals surface area contributed by atoms with Crippen molar-refractivity contribution in [1.29, 1.82) is 0 Å². The first-order chi connectivity index (χ1) is 7.91. The maximum atomic E-state index is 11.7. The molecule has 1 heterocycles. The Morgan fingerprint density at radius 3 is 2.47 bits per heavy atom. The molecule has 17 heavy (non-hydrogen) atoms. The fourth-order valence-electron chi connectivity index (χ4n) is 1.44. The molecule has 0 aromatic heterocycles. The lowest BCUT2D eigenvalue weighted by atomic mass is 10.3. The highest BCUT2D eigenvalue weighted by Crippen LogP contribution is 2.10. The standard InChI is InChI=1S/C11H22N2O3S/c1-11(2,3)17(15)9-4-12-10(14)13-5-7-16-8-6-13/h4-9H2,1-3H3,(H,12,14)/t17-/m0/s1. The number of nitrogens with one attached hydrogen (secondary N) is 1. The summed E-state index contributed by atoms with van der Waals surface area (Å²) in [4.78, 5) is 13.4. The summed E-state index contributed by atoms with van der Waals surface area (Å²) in [6.45, 7) is 8.73. The summed E-state index contributed by atoms with van der Waals surface area (Å²) in [6, 6.07) is -0.0841. The summed E-state index contributed by atoms with van der Waals surface area (Å²) in [5, 5.41) is 2.79. The Bertz CT molecular complexity index is 283. The van der Waals surface area contributed by atoms with Crippen molar-refractivity contribution < 1.29 is 13.7 Å². The van der Waals surface area contributed by atoms with E-state index in [1.165, 1.54) is 0 Å². The summed E-state index contributed by atoms with van der Waals surface area (Å²) >= 11 is 0. The summed E-state index contributed by atoms with van der Waals surface area (Å²) in [5.41, 5.74) is 0. The maximum absolute atomic E-state index is 11.7. The Hall–Kier alpha value is -0.620. The number of carbonyl (C=O) groups is 1. The van der Waals surface area contributed by atoms with Crippen LogP contribution in [-0.2, 0) is 15.5 Å². The van der Waals surface area contributed by atoms with Crippen LogP contribution in [0.25, 0.3) is 0 Å². The number of rotatable bonds is 3. The number of urea groups is 1. The highest BCUT2D eigenvalue weighted by atomic mass is 32.2. The molecule has 1 aliphatic rings. The van der Waals surface area contributed by atoms with Crippen molar-refractivity contribution in [2.75, 3.05) is 38.6 Å². The molecule has 1 fully saturated rings. The van der Waals surface area contributed by atoms with E-state index < -0.39 is 10.8 Å². The van der Waals surface area contributed by atoms with Crippen molar-refractivity contribution in [2.45, 2.75) is 25.5 Å². The van der Waals surface area contributed by atoms with E-state index in [0.717, 1.165) is 0 Å². The van der Waals surface area contributed by atoms with Gasteiger partial charge in [0.2, 0.25) is 0 Å². The number of hydrogen-bond acceptors (Lipinski definition) is 3. The van der Waals surface area contributed by atoms with Crippen LogP contribution in [0.15, 0.2) is 0 Å². The van der Waals surface area contributed by atoms with Crippen LogP contribution >= 0.6 is 0 Å². The predicted octanol–water partition coefficient (Wildman–Crippen LogP) is 0.575. The lowest BCUT2D eigenvalue weighted by Gasteiger charge is -2.27. The zero-order valence-corrected chi connectivity index (χ0v) is 11.6. The Morgan fingerprint density at radius 2 is 1.94 bits per heavy atom. The van der Waals surface area contributed by atoms with E-state index in [1.807, 2.05) is 20.8 Å². The van der Waals surface area contributed by atoms with Gasteiger partial charge in [0.25, 0.3) is 0 Å². The first-order valence-corrected chi connectivity index (χ1v) is 7.22. The highest BCUT2D eigenvalue weighted by Gasteiger charge is 2.20. The number of amides is 2. The van der Waals surface area contributed by atoms with Crippen LogP contribution in [0.5, 0.6) is 0 Å². The second-order valence-corrected chi connectivity index (χ2v) is 7.32. The van der Waals surface area contributed by atoms with E-state index in [-0.39, 0.29) is 10.8 Å². The van der Waals surface area contributed by atoms with Gasteiger partial charge in [0.1, 0.15) is 0 Å². The fourth-order valence-corrected chi connectivity index (χ4v) is 2.33. The largest absolute Gasteiger partial charge is 0.378 e. The van der Waals surface area contributed by atoms with Gasteiger partial charge in [-0.25, -0.2) is 4.79 Å². The van der Waals surface area contributed by atoms with Gasteiger partial charge in [-0.2, -0.15) is 0 Å². The number of ether oxygens (including phenoxy) is 1. The SMILES string of the molecule is CC(C)(C)[S@@](=O)CCNC(=O)N1CCOCC1. The molecule has 6 heteroatoms. The molecule has 0 saturated carbocycles. The van der Waals surface area contributed by atoms with Crippen molar-refractivity contribution in [3.8, 4) is 0 Å². The van der Waals surface area contributed by atoms with Crippen LogP contribution in [0, 0.1) is 0 Å². The van der Waals surface area contributed by atoms with Crippen LogP contribution in [0.2, 0.25) is 0 Å². The van der Waals surface area contributed by atoms with E-state index in [1.54, 1.807) is 4.90 Å². The number of morpholine rings is 1. The molecular weight excluding hydrogens is 240 g/mol. The molecule has 2 amide bonds. The first-order valence-electron chi connectivity index (χ1n) is 5.90. The number of carbonyl (C=O) groups excluding carboxylic acids is 1. The van der Waals surface area contributed by atoms with Crippen LogP contribution in [0.1, 0.15) is 20.8 Å². The molecule has 1 rings (SSSR count). The van der Waals surface area contributed by atoms with Gasteiger partial charge < -0.3 is 15.0 Å². The third kappa shape index (κ3) is 5.04. The first kappa shape index (κ1) is 14.4. The quantitative estimate of drug-likeness (QED) is 0.809. The van der Waals surface area contributed by atoms with Gasteiger partial charge in [0, 0.05) is 40.9 Å². The molecule has 0 radical (unpaired) electrons. The van der Waals surface area contributed by atoms with Gasteiger partial charge in [-0.15, -0.1) is 0 Å². The molecule has 0 unspecified atom stereocenters. The van der Waals surface area contributed by atoms with Gasteiger partial charge in [-0.05, 0) is 20.8 Å². The number of hydrogen-bond donors (Lipinski definition) is 1. The molecule has 0 aromatic rings. The monoisotopic (exact) mass is 262 g/mol. The molecule has 1 N–H and O–H groups in total. The Morgan fingerprint density at radius 1 is 1.35 bits per heavy atom. The van der Waals surface area contributed by atoms with Gasteiger partial charge in [0.05, 0.1) is 13.2 Å². The van der Waals surface area contributed by atoms with Gasteiger partial charge in [-0.3, -0.25) is 4.21 Å². The molecule has 0 spiro atoms. The Kier molecular flexibility index (Phi) is 5.39. The van der Waals surface area contributed by atoms with E-state index in [9.17, 15) is 9.00 Å². The summed E-state index contributed by atoms with van der Waals surface area (Å²) in [7, 11) is -0.917. The van der Waals surface area contributed by atoms with Gasteiger partial charge >= 0.3 is 6.03 Å². The molecule has 100 valence electrons. The minimum atomic E-state index is -0.917. The van der Waals surface area contributed by atoms with Crippen LogP contribution in [0.4, 0.5) is 4.79 Å². The third-order valence-corrected chi connectivity index (χ3v) is 4.49. The summed E-state index contributed by atoms with van der Waals surface area (Å²) < 4.78 is 16.7. The molecule has 0 aliphatic carbocycles. The molecule has 0 aromatic carbocycles. The summed E-state index contributed by atoms with van der Waals surface area (Å²) in [6.07, 6.45) is 0. The zero-order chi connectivity index (χ0) is 12.9. The van der Waals surface area contributed by atoms with Gasteiger partial charge in [-0.1, -0.05) is 0 Å². The second-order valence-electron chi connectivity index (χ2n) is 4.99. The molecular formula is C11H22N2O3S. The van der Waals surface area contributed by atoms with Crippen molar-refractivity contribution in [1.82, 2.24) is 10.2 Å². The third-order valence-electron chi connectivity index (χ3n) is 2.54. The van der Waals surface area contributed by atoms with Crippen molar-refractivity contribution in [3.63, 3.8) is 0 Å². The number of nitrogens with zero attached hydrogens (tertiary/aromatic N) is 1. The molecule has 1 aliphatic heterocycles. The van der Waals surface area contributed by atoms with Crippen molar-refractivity contribution >= 4 is 16.8 Å². The van der Waals surface area contributed by atoms with Crippen molar-refractivity contribution in [3.05, 3.63) is 0 Å². The molecule has 1 atom stereocenters. The second kappa shape index (κ2) is 6.35. The van der Waals surface area contributed by atoms with Crippen LogP contribution in [0.3, 0.4) is 0 Å². The van der Waals surface area contributed by atoms with E-state index in [0.29, 0.717) is 38.6 Å². The van der Waals surface area contributed by atoms with E-state index in [4.69, 9.17) is 4.74 Å². The average Bonchev–Trinajstić information content (AvgIpc) is 2.28. The highest BCUT2D eigenvalue weighted by molar-refractivity contribution is 7.86. The van der Waals surface area contributed by atoms with Crippen LogP contribution < -0.4 is 5.32 Å². The predicted molar refractivity (Wildman–Crippen MR) is 68.6 cm³/mol. The maximum Gasteiger partial charge on any atom is 0.317 e. The lowest BCUT2D eigenvalue weighted by Crippen LogP contribution is -2.47. The van der Waals surface area contributed by atoms with Crippen LogP contribution in [-0.4, -0.2) is 58.5 Å². The molecule has 1 saturated heterocycles. The average molecular weight is 262 g/mol. The topological polar surface area (TPSA) is 58.6 Å². The summed E-state index contributed by atoms with van der Waals surface area (Å²) in [5.74, 6) is 0.500. The lowest BCUT2D eigenvalue weighted by molar-refractivity contribution is 0.0533. The van der Waals surface area contributed by atoms with E-state index in [2.05, 4.69) is 5.32 Å². The van der Waals surface area contributed by atoms with E-state index >= 15 is 0 Å². The molecule has 0 bridgehead atoms. The Balaban J connectivity index is 2.22. The Labute approximate surface area is 105 Å². The normalized spacial score (nSPS) is 18.9. The minimum Gasteiger partial charge on any atom is -0.378 e.